The van der Waals surface area contributed by atoms with Crippen molar-refractivity contribution in [3.63, 3.8) is 0 Å². The van der Waals surface area contributed by atoms with E-state index in [1.807, 2.05) is 18.2 Å². The number of anilines is 1. The van der Waals surface area contributed by atoms with E-state index in [0.29, 0.717) is 30.1 Å². The van der Waals surface area contributed by atoms with Crippen molar-refractivity contribution in [2.75, 3.05) is 25.0 Å². The number of hydrogen-bond acceptors (Lipinski definition) is 5. The van der Waals surface area contributed by atoms with Crippen LogP contribution in [-0.4, -0.2) is 48.5 Å². The molecule has 2 rings (SSSR count). The Morgan fingerprint density at radius 3 is 2.28 bits per heavy atom. The van der Waals surface area contributed by atoms with Gasteiger partial charge in [0.25, 0.3) is 5.91 Å². The smallest absolute Gasteiger partial charge is 0.329 e. The lowest BCUT2D eigenvalue weighted by Crippen LogP contribution is -2.41. The maximum atomic E-state index is 11.9. The Bertz CT molecular complexity index is 847. The molecular formula is C21H24N4O4. The zero-order valence-electron chi connectivity index (χ0n) is 16.4. The van der Waals surface area contributed by atoms with Gasteiger partial charge in [-0.05, 0) is 55.8 Å². The molecule has 0 fully saturated rings. The van der Waals surface area contributed by atoms with Crippen molar-refractivity contribution >= 4 is 29.6 Å². The van der Waals surface area contributed by atoms with Crippen LogP contribution < -0.4 is 15.5 Å². The van der Waals surface area contributed by atoms with Gasteiger partial charge in [-0.3, -0.25) is 14.4 Å². The molecule has 8 nitrogen and oxygen atoms in total. The molecule has 3 amide bonds. The third kappa shape index (κ3) is 7.10. The molecule has 2 N–H and O–H groups in total. The zero-order chi connectivity index (χ0) is 21.1. The van der Waals surface area contributed by atoms with Crippen LogP contribution in [0.2, 0.25) is 0 Å². The van der Waals surface area contributed by atoms with Gasteiger partial charge in [-0.15, -0.1) is 0 Å². The van der Waals surface area contributed by atoms with Crippen LogP contribution in [0.1, 0.15) is 19.4 Å². The molecule has 0 spiro atoms. The molecule has 0 bridgehead atoms. The number of ether oxygens (including phenoxy) is 1. The molecule has 0 aliphatic carbocycles. The van der Waals surface area contributed by atoms with Crippen molar-refractivity contribution in [3.05, 3.63) is 60.2 Å². The highest BCUT2D eigenvalue weighted by molar-refractivity contribution is 6.34. The molecule has 0 aromatic heterocycles. The fraction of sp³-hybridized carbons (Fsp3) is 0.238. The fourth-order valence-corrected chi connectivity index (χ4v) is 2.39. The monoisotopic (exact) mass is 396 g/mol. The quantitative estimate of drug-likeness (QED) is 0.405. The molecule has 0 aliphatic rings. The third-order valence-electron chi connectivity index (χ3n) is 3.93. The van der Waals surface area contributed by atoms with Crippen molar-refractivity contribution in [1.29, 1.82) is 0 Å². The Morgan fingerprint density at radius 2 is 1.66 bits per heavy atom. The van der Waals surface area contributed by atoms with E-state index in [9.17, 15) is 14.4 Å². The average molecular weight is 396 g/mol. The Kier molecular flexibility index (Phi) is 8.37. The van der Waals surface area contributed by atoms with Crippen LogP contribution >= 0.6 is 0 Å². The summed E-state index contributed by atoms with van der Waals surface area (Å²) in [6.45, 7) is 4.39. The SMILES string of the molecule is CCN(CC)C(=O)C(=O)N/N=C\c1ccc(OCC(=O)Nc2ccccc2)cc1. The van der Waals surface area contributed by atoms with E-state index in [4.69, 9.17) is 4.74 Å². The summed E-state index contributed by atoms with van der Waals surface area (Å²) in [6.07, 6.45) is 1.42. The van der Waals surface area contributed by atoms with Gasteiger partial charge >= 0.3 is 11.8 Å². The second-order valence-electron chi connectivity index (χ2n) is 5.95. The van der Waals surface area contributed by atoms with Gasteiger partial charge in [-0.2, -0.15) is 5.10 Å². The number of benzene rings is 2. The van der Waals surface area contributed by atoms with Crippen molar-refractivity contribution < 1.29 is 19.1 Å². The molecule has 0 heterocycles. The molecule has 2 aromatic carbocycles. The predicted octanol–water partition coefficient (Wildman–Crippen LogP) is 2.02. The minimum absolute atomic E-state index is 0.119. The summed E-state index contributed by atoms with van der Waals surface area (Å²) in [5, 5.41) is 6.52. The second kappa shape index (κ2) is 11.2. The number of carbonyl (C=O) groups excluding carboxylic acids is 3. The molecule has 152 valence electrons. The Balaban J connectivity index is 1.79. The van der Waals surface area contributed by atoms with Crippen LogP contribution in [0, 0.1) is 0 Å². The van der Waals surface area contributed by atoms with Gasteiger partial charge in [-0.1, -0.05) is 18.2 Å². The van der Waals surface area contributed by atoms with Crippen molar-refractivity contribution in [3.8, 4) is 5.75 Å². The fourth-order valence-electron chi connectivity index (χ4n) is 2.39. The van der Waals surface area contributed by atoms with Crippen LogP contribution in [0.15, 0.2) is 59.7 Å². The molecular weight excluding hydrogens is 372 g/mol. The molecule has 8 heteroatoms. The predicted molar refractivity (Wildman–Crippen MR) is 111 cm³/mol. The number of nitrogens with one attached hydrogen (secondary N) is 2. The molecule has 29 heavy (non-hydrogen) atoms. The van der Waals surface area contributed by atoms with Gasteiger partial charge in [0.1, 0.15) is 5.75 Å². The van der Waals surface area contributed by atoms with E-state index in [0.717, 1.165) is 0 Å². The van der Waals surface area contributed by atoms with E-state index in [-0.39, 0.29) is 12.5 Å². The Hall–Kier alpha value is -3.68. The summed E-state index contributed by atoms with van der Waals surface area (Å²) in [6, 6.07) is 15.9. The maximum Gasteiger partial charge on any atom is 0.329 e. The number of amides is 3. The minimum atomic E-state index is -0.783. The van der Waals surface area contributed by atoms with Gasteiger partial charge < -0.3 is 15.0 Å². The highest BCUT2D eigenvalue weighted by Gasteiger charge is 2.18. The lowest BCUT2D eigenvalue weighted by Gasteiger charge is -2.16. The second-order valence-corrected chi connectivity index (χ2v) is 5.95. The van der Waals surface area contributed by atoms with Crippen LogP contribution in [0.25, 0.3) is 0 Å². The third-order valence-corrected chi connectivity index (χ3v) is 3.93. The van der Waals surface area contributed by atoms with Gasteiger partial charge in [-0.25, -0.2) is 5.43 Å². The van der Waals surface area contributed by atoms with E-state index >= 15 is 0 Å². The molecule has 0 atom stereocenters. The Labute approximate surface area is 169 Å². The highest BCUT2D eigenvalue weighted by atomic mass is 16.5. The number of hydrazone groups is 1. The number of rotatable bonds is 8. The van der Waals surface area contributed by atoms with E-state index in [2.05, 4.69) is 15.8 Å². The van der Waals surface area contributed by atoms with Gasteiger partial charge in [0, 0.05) is 18.8 Å². The van der Waals surface area contributed by atoms with E-state index in [1.165, 1.54) is 11.1 Å². The van der Waals surface area contributed by atoms with Crippen molar-refractivity contribution in [2.45, 2.75) is 13.8 Å². The lowest BCUT2D eigenvalue weighted by molar-refractivity contribution is -0.145. The first kappa shape index (κ1) is 21.6. The van der Waals surface area contributed by atoms with Gasteiger partial charge in [0.15, 0.2) is 6.61 Å². The Morgan fingerprint density at radius 1 is 1.00 bits per heavy atom. The molecule has 0 aliphatic heterocycles. The summed E-state index contributed by atoms with van der Waals surface area (Å²) in [5.41, 5.74) is 3.61. The number of hydrogen-bond donors (Lipinski definition) is 2. The summed E-state index contributed by atoms with van der Waals surface area (Å²) in [4.78, 5) is 36.9. The average Bonchev–Trinajstić information content (AvgIpc) is 2.74. The van der Waals surface area contributed by atoms with Crippen molar-refractivity contribution in [2.24, 2.45) is 5.10 Å². The van der Waals surface area contributed by atoms with Crippen LogP contribution in [0.5, 0.6) is 5.75 Å². The van der Waals surface area contributed by atoms with Gasteiger partial charge in [0.05, 0.1) is 6.21 Å². The van der Waals surface area contributed by atoms with Crippen LogP contribution in [0.3, 0.4) is 0 Å². The van der Waals surface area contributed by atoms with Crippen molar-refractivity contribution in [1.82, 2.24) is 10.3 Å². The normalized spacial score (nSPS) is 10.4. The molecule has 0 radical (unpaired) electrons. The standard InChI is InChI=1S/C21H24N4O4/c1-3-25(4-2)21(28)20(27)24-22-14-16-10-12-18(13-11-16)29-15-19(26)23-17-8-6-5-7-9-17/h5-14H,3-4,15H2,1-2H3,(H,23,26)(H,24,27)/b22-14-. The largest absolute Gasteiger partial charge is 0.484 e. The maximum absolute atomic E-state index is 11.9. The lowest BCUT2D eigenvalue weighted by atomic mass is 10.2. The first-order chi connectivity index (χ1) is 14.0. The molecule has 0 saturated heterocycles. The topological polar surface area (TPSA) is 100 Å². The summed E-state index contributed by atoms with van der Waals surface area (Å²) >= 11 is 0. The summed E-state index contributed by atoms with van der Waals surface area (Å²) in [5.74, 6) is -1.15. The summed E-state index contributed by atoms with van der Waals surface area (Å²) < 4.78 is 5.44. The van der Waals surface area contributed by atoms with Gasteiger partial charge in [0.2, 0.25) is 0 Å². The van der Waals surface area contributed by atoms with Crippen LogP contribution in [-0.2, 0) is 14.4 Å². The first-order valence-corrected chi connectivity index (χ1v) is 9.23. The number of carbonyl (C=O) groups is 3. The number of likely N-dealkylation sites (N-methyl/N-ethyl adjacent to an activating group) is 1. The van der Waals surface area contributed by atoms with Crippen LogP contribution in [0.4, 0.5) is 5.69 Å². The van der Waals surface area contributed by atoms with E-state index < -0.39 is 11.8 Å². The highest BCUT2D eigenvalue weighted by Crippen LogP contribution is 2.11. The number of para-hydroxylation sites is 1. The number of nitrogens with zero attached hydrogens (tertiary/aromatic N) is 2. The van der Waals surface area contributed by atoms with E-state index in [1.54, 1.807) is 50.2 Å². The minimum Gasteiger partial charge on any atom is -0.484 e. The molecule has 0 unspecified atom stereocenters. The molecule has 2 aromatic rings. The summed E-state index contributed by atoms with van der Waals surface area (Å²) in [7, 11) is 0. The zero-order valence-corrected chi connectivity index (χ0v) is 16.4. The molecule has 0 saturated carbocycles. The first-order valence-electron chi connectivity index (χ1n) is 9.23.